The molecule has 1 aliphatic rings. The van der Waals surface area contributed by atoms with Gasteiger partial charge in [0.05, 0.1) is 0 Å². The van der Waals surface area contributed by atoms with Crippen LogP contribution >= 0.6 is 0 Å². The van der Waals surface area contributed by atoms with Crippen molar-refractivity contribution in [3.8, 4) is 11.4 Å². The topological polar surface area (TPSA) is 49.3 Å². The van der Waals surface area contributed by atoms with Crippen LogP contribution < -0.4 is 4.90 Å². The highest BCUT2D eigenvalue weighted by Crippen LogP contribution is 2.26. The summed E-state index contributed by atoms with van der Waals surface area (Å²) in [7, 11) is 0. The molecule has 1 saturated heterocycles. The first-order valence-electron chi connectivity index (χ1n) is 10.7. The summed E-state index contributed by atoms with van der Waals surface area (Å²) >= 11 is 0. The summed E-state index contributed by atoms with van der Waals surface area (Å²) < 4.78 is 13.7. The van der Waals surface area contributed by atoms with E-state index in [1.165, 1.54) is 17.7 Å². The number of hydrogen-bond acceptors (Lipinski definition) is 4. The molecule has 1 aliphatic heterocycles. The van der Waals surface area contributed by atoms with E-state index in [1.54, 1.807) is 6.07 Å². The Morgan fingerprint density at radius 3 is 2.35 bits per heavy atom. The van der Waals surface area contributed by atoms with Gasteiger partial charge >= 0.3 is 0 Å². The molecule has 0 saturated carbocycles. The molecule has 0 N–H and O–H groups in total. The van der Waals surface area contributed by atoms with Gasteiger partial charge < -0.3 is 9.80 Å². The van der Waals surface area contributed by atoms with E-state index >= 15 is 0 Å². The fourth-order valence-electron chi connectivity index (χ4n) is 3.87. The van der Waals surface area contributed by atoms with Crippen molar-refractivity contribution in [1.82, 2.24) is 14.9 Å². The molecule has 0 unspecified atom stereocenters. The molecule has 31 heavy (non-hydrogen) atoms. The predicted molar refractivity (Wildman–Crippen MR) is 121 cm³/mol. The quantitative estimate of drug-likeness (QED) is 0.629. The van der Waals surface area contributed by atoms with Crippen LogP contribution in [0.15, 0.2) is 48.5 Å². The summed E-state index contributed by atoms with van der Waals surface area (Å²) in [6, 6.07) is 14.2. The number of carbonyl (C=O) groups is 1. The van der Waals surface area contributed by atoms with Crippen LogP contribution in [0.25, 0.3) is 11.4 Å². The number of carbonyl (C=O) groups excluding carboxylic acids is 1. The molecular weight excluding hydrogens is 391 g/mol. The van der Waals surface area contributed by atoms with Crippen LogP contribution in [0.5, 0.6) is 0 Å². The van der Waals surface area contributed by atoms with E-state index in [4.69, 9.17) is 4.98 Å². The Kier molecular flexibility index (Phi) is 5.98. The van der Waals surface area contributed by atoms with Crippen LogP contribution in [0.2, 0.25) is 0 Å². The normalized spacial score (nSPS) is 14.1. The third-order valence-electron chi connectivity index (χ3n) is 5.92. The standard InChI is InChI=1S/C25H27FN4O/c1-4-19-8-10-20(11-9-19)25(31)30-14-12-29(13-15-30)24-17(2)18(3)27-23(28-24)21-6-5-7-22(26)16-21/h5-11,16H,4,12-15H2,1-3H3. The molecule has 0 spiro atoms. The first-order chi connectivity index (χ1) is 15.0. The van der Waals surface area contributed by atoms with E-state index in [0.717, 1.165) is 29.1 Å². The first kappa shape index (κ1) is 21.0. The minimum Gasteiger partial charge on any atom is -0.353 e. The summed E-state index contributed by atoms with van der Waals surface area (Å²) in [6.45, 7) is 8.71. The van der Waals surface area contributed by atoms with Crippen LogP contribution in [0.4, 0.5) is 10.2 Å². The zero-order valence-electron chi connectivity index (χ0n) is 18.2. The highest BCUT2D eigenvalue weighted by Gasteiger charge is 2.25. The van der Waals surface area contributed by atoms with Gasteiger partial charge in [0.2, 0.25) is 0 Å². The zero-order chi connectivity index (χ0) is 22.0. The van der Waals surface area contributed by atoms with Gasteiger partial charge in [-0.15, -0.1) is 0 Å². The Balaban J connectivity index is 1.51. The van der Waals surface area contributed by atoms with Gasteiger partial charge in [-0.2, -0.15) is 0 Å². The lowest BCUT2D eigenvalue weighted by molar-refractivity contribution is 0.0746. The maximum Gasteiger partial charge on any atom is 0.253 e. The number of benzene rings is 2. The Morgan fingerprint density at radius 1 is 1.00 bits per heavy atom. The number of piperazine rings is 1. The molecule has 0 bridgehead atoms. The fourth-order valence-corrected chi connectivity index (χ4v) is 3.87. The van der Waals surface area contributed by atoms with Gasteiger partial charge in [-0.3, -0.25) is 4.79 Å². The second-order valence-corrected chi connectivity index (χ2v) is 7.92. The molecule has 160 valence electrons. The SMILES string of the molecule is CCc1ccc(C(=O)N2CCN(c3nc(-c4cccc(F)c4)nc(C)c3C)CC2)cc1. The predicted octanol–water partition coefficient (Wildman–Crippen LogP) is 4.42. The Labute approximate surface area is 182 Å². The number of rotatable bonds is 4. The van der Waals surface area contributed by atoms with Gasteiger partial charge in [-0.25, -0.2) is 14.4 Å². The van der Waals surface area contributed by atoms with Crippen molar-refractivity contribution in [2.75, 3.05) is 31.1 Å². The van der Waals surface area contributed by atoms with Crippen molar-refractivity contribution < 1.29 is 9.18 Å². The number of halogens is 1. The third kappa shape index (κ3) is 4.43. The summed E-state index contributed by atoms with van der Waals surface area (Å²) in [6.07, 6.45) is 0.961. The van der Waals surface area contributed by atoms with Crippen molar-refractivity contribution in [3.63, 3.8) is 0 Å². The highest BCUT2D eigenvalue weighted by molar-refractivity contribution is 5.94. The summed E-state index contributed by atoms with van der Waals surface area (Å²) in [4.78, 5) is 26.3. The number of amides is 1. The van der Waals surface area contributed by atoms with Gasteiger partial charge in [0, 0.05) is 48.6 Å². The van der Waals surface area contributed by atoms with E-state index < -0.39 is 0 Å². The minimum absolute atomic E-state index is 0.0679. The Morgan fingerprint density at radius 2 is 1.71 bits per heavy atom. The van der Waals surface area contributed by atoms with Gasteiger partial charge in [0.15, 0.2) is 5.82 Å². The van der Waals surface area contributed by atoms with Crippen LogP contribution in [0, 0.1) is 19.7 Å². The summed E-state index contributed by atoms with van der Waals surface area (Å²) in [5.74, 6) is 1.14. The van der Waals surface area contributed by atoms with Crippen molar-refractivity contribution >= 4 is 11.7 Å². The van der Waals surface area contributed by atoms with Crippen LogP contribution in [-0.2, 0) is 6.42 Å². The largest absolute Gasteiger partial charge is 0.353 e. The van der Waals surface area contributed by atoms with E-state index in [2.05, 4.69) is 16.8 Å². The fraction of sp³-hybridized carbons (Fsp3) is 0.320. The van der Waals surface area contributed by atoms with Crippen molar-refractivity contribution in [1.29, 1.82) is 0 Å². The Hall–Kier alpha value is -3.28. The lowest BCUT2D eigenvalue weighted by Gasteiger charge is -2.36. The molecule has 2 aromatic carbocycles. The van der Waals surface area contributed by atoms with Gasteiger partial charge in [-0.05, 0) is 50.1 Å². The zero-order valence-corrected chi connectivity index (χ0v) is 18.2. The number of hydrogen-bond donors (Lipinski definition) is 0. The maximum absolute atomic E-state index is 13.7. The van der Waals surface area contributed by atoms with Gasteiger partial charge in [0.25, 0.3) is 5.91 Å². The lowest BCUT2D eigenvalue weighted by atomic mass is 10.1. The van der Waals surface area contributed by atoms with Crippen molar-refractivity contribution in [2.24, 2.45) is 0 Å². The molecular formula is C25H27FN4O. The second kappa shape index (κ2) is 8.84. The van der Waals surface area contributed by atoms with Crippen LogP contribution in [-0.4, -0.2) is 47.0 Å². The van der Waals surface area contributed by atoms with Crippen LogP contribution in [0.3, 0.4) is 0 Å². The molecule has 6 heteroatoms. The Bertz CT molecular complexity index is 1090. The van der Waals surface area contributed by atoms with Crippen LogP contribution in [0.1, 0.15) is 34.1 Å². The van der Waals surface area contributed by atoms with Gasteiger partial charge in [0.1, 0.15) is 11.6 Å². The highest BCUT2D eigenvalue weighted by atomic mass is 19.1. The second-order valence-electron chi connectivity index (χ2n) is 7.92. The van der Waals surface area contributed by atoms with Crippen molar-refractivity contribution in [3.05, 3.63) is 76.7 Å². The molecule has 3 aromatic rings. The molecule has 1 aromatic heterocycles. The molecule has 0 radical (unpaired) electrons. The maximum atomic E-state index is 13.7. The minimum atomic E-state index is -0.306. The molecule has 1 fully saturated rings. The third-order valence-corrected chi connectivity index (χ3v) is 5.92. The first-order valence-corrected chi connectivity index (χ1v) is 10.7. The number of anilines is 1. The smallest absolute Gasteiger partial charge is 0.253 e. The number of aryl methyl sites for hydroxylation is 2. The van der Waals surface area contributed by atoms with E-state index in [1.807, 2.05) is 49.1 Å². The average molecular weight is 419 g/mol. The monoisotopic (exact) mass is 418 g/mol. The molecule has 0 atom stereocenters. The summed E-state index contributed by atoms with van der Waals surface area (Å²) in [5.41, 5.74) is 4.50. The van der Waals surface area contributed by atoms with E-state index in [0.29, 0.717) is 37.6 Å². The van der Waals surface area contributed by atoms with E-state index in [-0.39, 0.29) is 11.7 Å². The molecule has 4 rings (SSSR count). The number of aromatic nitrogens is 2. The molecule has 0 aliphatic carbocycles. The van der Waals surface area contributed by atoms with Crippen molar-refractivity contribution in [2.45, 2.75) is 27.2 Å². The average Bonchev–Trinajstić information content (AvgIpc) is 2.80. The van der Waals surface area contributed by atoms with Gasteiger partial charge in [-0.1, -0.05) is 31.2 Å². The molecule has 1 amide bonds. The number of nitrogens with zero attached hydrogens (tertiary/aromatic N) is 4. The lowest BCUT2D eigenvalue weighted by Crippen LogP contribution is -2.49. The molecule has 2 heterocycles. The summed E-state index contributed by atoms with van der Waals surface area (Å²) in [5, 5.41) is 0. The molecule has 5 nitrogen and oxygen atoms in total. The van der Waals surface area contributed by atoms with E-state index in [9.17, 15) is 9.18 Å².